The fourth-order valence-corrected chi connectivity index (χ4v) is 1.56. The summed E-state index contributed by atoms with van der Waals surface area (Å²) in [5.41, 5.74) is 1.77. The monoisotopic (exact) mass is 256 g/mol. The maximum Gasteiger partial charge on any atom is 0.414 e. The Kier molecular flexibility index (Phi) is 4.13. The van der Waals surface area contributed by atoms with E-state index in [1.54, 1.807) is 19.3 Å². The number of carbonyl (C=O) groups excluding carboxylic acids is 1. The van der Waals surface area contributed by atoms with E-state index >= 15 is 0 Å². The van der Waals surface area contributed by atoms with Crippen LogP contribution in [0.15, 0.2) is 48.7 Å². The fourth-order valence-electron chi connectivity index (χ4n) is 1.56. The Morgan fingerprint density at radius 1 is 1.26 bits per heavy atom. The standard InChI is InChI=1S/C15H16N2O2/c1-3-17(2)15(18)19-13-8-6-7-12(11-13)14-9-4-5-10-16-14/h4-11H,3H2,1-2H3. The van der Waals surface area contributed by atoms with E-state index in [2.05, 4.69) is 4.98 Å². The number of aromatic nitrogens is 1. The van der Waals surface area contributed by atoms with Gasteiger partial charge in [-0.25, -0.2) is 4.79 Å². The molecule has 1 aromatic heterocycles. The van der Waals surface area contributed by atoms with Gasteiger partial charge in [0, 0.05) is 25.4 Å². The molecular weight excluding hydrogens is 240 g/mol. The molecule has 0 unspecified atom stereocenters. The fraction of sp³-hybridized carbons (Fsp3) is 0.200. The second-order valence-electron chi connectivity index (χ2n) is 4.12. The molecule has 0 aliphatic rings. The summed E-state index contributed by atoms with van der Waals surface area (Å²) in [6.45, 7) is 2.50. The van der Waals surface area contributed by atoms with Crippen molar-refractivity contribution < 1.29 is 9.53 Å². The highest BCUT2D eigenvalue weighted by Gasteiger charge is 2.09. The smallest absolute Gasteiger partial charge is 0.410 e. The van der Waals surface area contributed by atoms with E-state index in [0.717, 1.165) is 11.3 Å². The van der Waals surface area contributed by atoms with Crippen LogP contribution in [0.25, 0.3) is 11.3 Å². The van der Waals surface area contributed by atoms with Gasteiger partial charge >= 0.3 is 6.09 Å². The Hall–Kier alpha value is -2.36. The molecule has 0 N–H and O–H groups in total. The quantitative estimate of drug-likeness (QED) is 0.847. The highest BCUT2D eigenvalue weighted by molar-refractivity contribution is 5.71. The molecular formula is C15H16N2O2. The molecule has 2 rings (SSSR count). The first-order valence-corrected chi connectivity index (χ1v) is 6.15. The van der Waals surface area contributed by atoms with Gasteiger partial charge in [-0.05, 0) is 31.2 Å². The zero-order valence-electron chi connectivity index (χ0n) is 11.0. The lowest BCUT2D eigenvalue weighted by molar-refractivity contribution is 0.165. The first-order chi connectivity index (χ1) is 9.20. The number of ether oxygens (including phenoxy) is 1. The summed E-state index contributed by atoms with van der Waals surface area (Å²) in [4.78, 5) is 17.5. The molecule has 4 nitrogen and oxygen atoms in total. The Bertz CT molecular complexity index is 555. The van der Waals surface area contributed by atoms with E-state index in [4.69, 9.17) is 4.74 Å². The van der Waals surface area contributed by atoms with Gasteiger partial charge in [-0.15, -0.1) is 0 Å². The van der Waals surface area contributed by atoms with Crippen LogP contribution in [-0.4, -0.2) is 29.6 Å². The molecule has 1 amide bonds. The predicted molar refractivity (Wildman–Crippen MR) is 74.0 cm³/mol. The molecule has 0 aliphatic heterocycles. The average molecular weight is 256 g/mol. The zero-order chi connectivity index (χ0) is 13.7. The molecule has 1 aromatic carbocycles. The van der Waals surface area contributed by atoms with Gasteiger partial charge in [-0.1, -0.05) is 18.2 Å². The predicted octanol–water partition coefficient (Wildman–Crippen LogP) is 3.20. The van der Waals surface area contributed by atoms with E-state index in [-0.39, 0.29) is 6.09 Å². The van der Waals surface area contributed by atoms with Crippen LogP contribution in [-0.2, 0) is 0 Å². The number of nitrogens with zero attached hydrogens (tertiary/aromatic N) is 2. The molecule has 2 aromatic rings. The number of benzene rings is 1. The largest absolute Gasteiger partial charge is 0.414 e. The summed E-state index contributed by atoms with van der Waals surface area (Å²) in [5, 5.41) is 0. The SMILES string of the molecule is CCN(C)C(=O)Oc1cccc(-c2ccccn2)c1. The normalized spacial score (nSPS) is 10.0. The third-order valence-electron chi connectivity index (χ3n) is 2.79. The number of hydrogen-bond acceptors (Lipinski definition) is 3. The van der Waals surface area contributed by atoms with Crippen LogP contribution in [0, 0.1) is 0 Å². The van der Waals surface area contributed by atoms with Crippen molar-refractivity contribution in [1.29, 1.82) is 0 Å². The van der Waals surface area contributed by atoms with E-state index in [1.807, 2.05) is 43.3 Å². The molecule has 98 valence electrons. The number of amides is 1. The maximum atomic E-state index is 11.7. The third kappa shape index (κ3) is 3.31. The van der Waals surface area contributed by atoms with Gasteiger partial charge in [-0.3, -0.25) is 4.98 Å². The first-order valence-electron chi connectivity index (χ1n) is 6.15. The topological polar surface area (TPSA) is 42.4 Å². The second kappa shape index (κ2) is 6.00. The molecule has 0 saturated carbocycles. The lowest BCUT2D eigenvalue weighted by atomic mass is 10.1. The molecule has 0 atom stereocenters. The second-order valence-corrected chi connectivity index (χ2v) is 4.12. The van der Waals surface area contributed by atoms with Gasteiger partial charge in [0.15, 0.2) is 0 Å². The van der Waals surface area contributed by atoms with Gasteiger partial charge in [-0.2, -0.15) is 0 Å². The lowest BCUT2D eigenvalue weighted by Gasteiger charge is -2.14. The van der Waals surface area contributed by atoms with Crippen molar-refractivity contribution in [3.63, 3.8) is 0 Å². The van der Waals surface area contributed by atoms with Crippen molar-refractivity contribution in [1.82, 2.24) is 9.88 Å². The summed E-state index contributed by atoms with van der Waals surface area (Å²) in [6.07, 6.45) is 1.37. The van der Waals surface area contributed by atoms with Crippen LogP contribution in [0.2, 0.25) is 0 Å². The number of carbonyl (C=O) groups is 1. The van der Waals surface area contributed by atoms with Crippen molar-refractivity contribution in [3.8, 4) is 17.0 Å². The van der Waals surface area contributed by atoms with Crippen molar-refractivity contribution in [2.24, 2.45) is 0 Å². The van der Waals surface area contributed by atoms with E-state index < -0.39 is 0 Å². The maximum absolute atomic E-state index is 11.7. The molecule has 0 aliphatic carbocycles. The van der Waals surface area contributed by atoms with Crippen LogP contribution in [0.4, 0.5) is 4.79 Å². The van der Waals surface area contributed by atoms with Crippen molar-refractivity contribution in [2.45, 2.75) is 6.92 Å². The summed E-state index contributed by atoms with van der Waals surface area (Å²) in [6, 6.07) is 13.0. The minimum absolute atomic E-state index is 0.360. The average Bonchev–Trinajstić information content (AvgIpc) is 2.47. The number of rotatable bonds is 3. The molecule has 4 heteroatoms. The van der Waals surface area contributed by atoms with Gasteiger partial charge < -0.3 is 9.64 Å². The lowest BCUT2D eigenvalue weighted by Crippen LogP contribution is -2.29. The minimum Gasteiger partial charge on any atom is -0.410 e. The van der Waals surface area contributed by atoms with Gasteiger partial charge in [0.2, 0.25) is 0 Å². The summed E-state index contributed by atoms with van der Waals surface area (Å²) >= 11 is 0. The molecule has 0 fully saturated rings. The van der Waals surface area contributed by atoms with Gasteiger partial charge in [0.25, 0.3) is 0 Å². The van der Waals surface area contributed by atoms with Crippen molar-refractivity contribution >= 4 is 6.09 Å². The van der Waals surface area contributed by atoms with Crippen LogP contribution < -0.4 is 4.74 Å². The third-order valence-corrected chi connectivity index (χ3v) is 2.79. The summed E-state index contributed by atoms with van der Waals surface area (Å²) in [7, 11) is 1.70. The Morgan fingerprint density at radius 3 is 2.79 bits per heavy atom. The van der Waals surface area contributed by atoms with E-state index in [0.29, 0.717) is 12.3 Å². The van der Waals surface area contributed by atoms with Crippen LogP contribution >= 0.6 is 0 Å². The van der Waals surface area contributed by atoms with Crippen LogP contribution in [0.5, 0.6) is 5.75 Å². The van der Waals surface area contributed by atoms with Crippen LogP contribution in [0.1, 0.15) is 6.92 Å². The Labute approximate surface area is 112 Å². The molecule has 0 bridgehead atoms. The zero-order valence-corrected chi connectivity index (χ0v) is 11.0. The molecule has 0 saturated heterocycles. The summed E-state index contributed by atoms with van der Waals surface area (Å²) < 4.78 is 5.29. The first kappa shape index (κ1) is 13.1. The van der Waals surface area contributed by atoms with Crippen molar-refractivity contribution in [3.05, 3.63) is 48.7 Å². The van der Waals surface area contributed by atoms with E-state index in [9.17, 15) is 4.79 Å². The molecule has 0 radical (unpaired) electrons. The molecule has 19 heavy (non-hydrogen) atoms. The minimum atomic E-state index is -0.360. The Balaban J connectivity index is 2.19. The van der Waals surface area contributed by atoms with Gasteiger partial charge in [0.05, 0.1) is 5.69 Å². The highest BCUT2D eigenvalue weighted by atomic mass is 16.6. The van der Waals surface area contributed by atoms with Crippen LogP contribution in [0.3, 0.4) is 0 Å². The van der Waals surface area contributed by atoms with Crippen molar-refractivity contribution in [2.75, 3.05) is 13.6 Å². The molecule has 0 spiro atoms. The Morgan fingerprint density at radius 2 is 2.11 bits per heavy atom. The van der Waals surface area contributed by atoms with Gasteiger partial charge in [0.1, 0.15) is 5.75 Å². The highest BCUT2D eigenvalue weighted by Crippen LogP contribution is 2.22. The number of hydrogen-bond donors (Lipinski definition) is 0. The van der Waals surface area contributed by atoms with E-state index in [1.165, 1.54) is 4.90 Å². The number of pyridine rings is 1. The summed E-state index contributed by atoms with van der Waals surface area (Å²) in [5.74, 6) is 0.522. The molecule has 1 heterocycles.